The van der Waals surface area contributed by atoms with Crippen molar-refractivity contribution in [1.82, 2.24) is 5.32 Å². The number of ether oxygens (including phenoxy) is 1. The van der Waals surface area contributed by atoms with Gasteiger partial charge in [-0.15, -0.1) is 0 Å². The number of hydrogen-bond acceptors (Lipinski definition) is 2. The minimum absolute atomic E-state index is 0.0712. The molecule has 1 aliphatic heterocycles. The molecule has 0 unspecified atom stereocenters. The molecular weight excluding hydrogens is 238 g/mol. The molecule has 1 N–H and O–H groups in total. The van der Waals surface area contributed by atoms with Crippen molar-refractivity contribution in [3.05, 3.63) is 28.3 Å². The van der Waals surface area contributed by atoms with Crippen molar-refractivity contribution in [3.63, 3.8) is 0 Å². The van der Waals surface area contributed by atoms with E-state index in [0.717, 1.165) is 5.56 Å². The van der Waals surface area contributed by atoms with Crippen LogP contribution in [-0.4, -0.2) is 19.1 Å². The van der Waals surface area contributed by atoms with Crippen LogP contribution in [0.2, 0.25) is 5.02 Å². The molecule has 0 saturated heterocycles. The second kappa shape index (κ2) is 4.22. The number of halogens is 1. The van der Waals surface area contributed by atoms with Crippen molar-refractivity contribution in [3.8, 4) is 5.75 Å². The Kier molecular flexibility index (Phi) is 3.04. The van der Waals surface area contributed by atoms with E-state index in [1.54, 1.807) is 6.07 Å². The summed E-state index contributed by atoms with van der Waals surface area (Å²) in [4.78, 5) is 11.8. The number of carbonyl (C=O) groups is 1. The average molecular weight is 254 g/mol. The van der Waals surface area contributed by atoms with Crippen molar-refractivity contribution in [2.45, 2.75) is 26.2 Å². The van der Waals surface area contributed by atoms with Gasteiger partial charge in [0.05, 0.1) is 12.1 Å². The number of rotatable bonds is 0. The SMILES string of the molecule is CC(C)(C)c1cc2c(cc1Cl)C(=O)NCCO2. The first-order chi connectivity index (χ1) is 7.89. The molecule has 92 valence electrons. The first kappa shape index (κ1) is 12.2. The highest BCUT2D eigenvalue weighted by Crippen LogP contribution is 2.35. The van der Waals surface area contributed by atoms with Gasteiger partial charge in [-0.05, 0) is 23.1 Å². The molecule has 0 fully saturated rings. The third-order valence-electron chi connectivity index (χ3n) is 2.77. The van der Waals surface area contributed by atoms with Crippen LogP contribution in [0.15, 0.2) is 12.1 Å². The summed E-state index contributed by atoms with van der Waals surface area (Å²) in [5.41, 5.74) is 1.44. The normalized spacial score (nSPS) is 15.6. The number of nitrogens with one attached hydrogen (secondary N) is 1. The van der Waals surface area contributed by atoms with Gasteiger partial charge in [0.1, 0.15) is 12.4 Å². The second-order valence-electron chi connectivity index (χ2n) is 5.18. The molecular formula is C13H16ClNO2. The van der Waals surface area contributed by atoms with Crippen LogP contribution in [0.4, 0.5) is 0 Å². The van der Waals surface area contributed by atoms with Gasteiger partial charge >= 0.3 is 0 Å². The van der Waals surface area contributed by atoms with Gasteiger partial charge < -0.3 is 10.1 Å². The van der Waals surface area contributed by atoms with Crippen LogP contribution in [-0.2, 0) is 5.41 Å². The smallest absolute Gasteiger partial charge is 0.255 e. The summed E-state index contributed by atoms with van der Waals surface area (Å²) in [7, 11) is 0. The number of fused-ring (bicyclic) bond motifs is 1. The summed E-state index contributed by atoms with van der Waals surface area (Å²) in [5.74, 6) is 0.495. The largest absolute Gasteiger partial charge is 0.491 e. The van der Waals surface area contributed by atoms with Crippen LogP contribution in [0, 0.1) is 0 Å². The molecule has 1 aromatic rings. The standard InChI is InChI=1S/C13H16ClNO2/c1-13(2,3)9-7-11-8(6-10(9)14)12(16)15-4-5-17-11/h6-7H,4-5H2,1-3H3,(H,15,16). The minimum atomic E-state index is -0.125. The Labute approximate surface area is 106 Å². The van der Waals surface area contributed by atoms with Crippen molar-refractivity contribution < 1.29 is 9.53 Å². The molecule has 1 aromatic carbocycles. The highest BCUT2D eigenvalue weighted by Gasteiger charge is 2.23. The molecule has 1 heterocycles. The highest BCUT2D eigenvalue weighted by molar-refractivity contribution is 6.32. The van der Waals surface area contributed by atoms with E-state index < -0.39 is 0 Å². The lowest BCUT2D eigenvalue weighted by atomic mass is 9.86. The van der Waals surface area contributed by atoms with Gasteiger partial charge in [0.15, 0.2) is 0 Å². The predicted molar refractivity (Wildman–Crippen MR) is 68.0 cm³/mol. The van der Waals surface area contributed by atoms with Crippen LogP contribution in [0.25, 0.3) is 0 Å². The third kappa shape index (κ3) is 2.39. The van der Waals surface area contributed by atoms with Crippen LogP contribution in [0.1, 0.15) is 36.7 Å². The maximum absolute atomic E-state index is 11.8. The molecule has 2 rings (SSSR count). The zero-order chi connectivity index (χ0) is 12.6. The first-order valence-corrected chi connectivity index (χ1v) is 6.02. The summed E-state index contributed by atoms with van der Waals surface area (Å²) in [5, 5.41) is 3.37. The van der Waals surface area contributed by atoms with Crippen LogP contribution < -0.4 is 10.1 Å². The van der Waals surface area contributed by atoms with E-state index in [1.807, 2.05) is 6.07 Å². The monoisotopic (exact) mass is 253 g/mol. The van der Waals surface area contributed by atoms with Gasteiger partial charge in [-0.1, -0.05) is 32.4 Å². The summed E-state index contributed by atoms with van der Waals surface area (Å²) in [6.07, 6.45) is 0. The van der Waals surface area contributed by atoms with Crippen LogP contribution in [0.3, 0.4) is 0 Å². The van der Waals surface area contributed by atoms with Crippen LogP contribution in [0.5, 0.6) is 5.75 Å². The molecule has 0 bridgehead atoms. The Hall–Kier alpha value is -1.22. The lowest BCUT2D eigenvalue weighted by Gasteiger charge is -2.22. The van der Waals surface area contributed by atoms with Crippen molar-refractivity contribution >= 4 is 17.5 Å². The fourth-order valence-electron chi connectivity index (χ4n) is 1.85. The van der Waals surface area contributed by atoms with E-state index in [2.05, 4.69) is 26.1 Å². The van der Waals surface area contributed by atoms with Crippen molar-refractivity contribution in [2.24, 2.45) is 0 Å². The first-order valence-electron chi connectivity index (χ1n) is 5.64. The fourth-order valence-corrected chi connectivity index (χ4v) is 2.29. The maximum atomic E-state index is 11.8. The molecule has 0 aliphatic carbocycles. The van der Waals surface area contributed by atoms with E-state index in [0.29, 0.717) is 29.5 Å². The van der Waals surface area contributed by atoms with Crippen molar-refractivity contribution in [2.75, 3.05) is 13.2 Å². The molecule has 0 spiro atoms. The van der Waals surface area contributed by atoms with Gasteiger partial charge in [0, 0.05) is 5.02 Å². The van der Waals surface area contributed by atoms with Crippen molar-refractivity contribution in [1.29, 1.82) is 0 Å². The summed E-state index contributed by atoms with van der Waals surface area (Å²) >= 11 is 6.23. The lowest BCUT2D eigenvalue weighted by molar-refractivity contribution is 0.0957. The summed E-state index contributed by atoms with van der Waals surface area (Å²) < 4.78 is 5.57. The Morgan fingerprint density at radius 3 is 2.71 bits per heavy atom. The molecule has 4 heteroatoms. The van der Waals surface area contributed by atoms with Gasteiger partial charge in [-0.2, -0.15) is 0 Å². The number of benzene rings is 1. The van der Waals surface area contributed by atoms with E-state index in [-0.39, 0.29) is 11.3 Å². The zero-order valence-corrected chi connectivity index (χ0v) is 11.0. The van der Waals surface area contributed by atoms with Crippen LogP contribution >= 0.6 is 11.6 Å². The second-order valence-corrected chi connectivity index (χ2v) is 5.59. The summed E-state index contributed by atoms with van der Waals surface area (Å²) in [6, 6.07) is 3.57. The van der Waals surface area contributed by atoms with E-state index in [9.17, 15) is 4.79 Å². The molecule has 1 amide bonds. The van der Waals surface area contributed by atoms with E-state index in [1.165, 1.54) is 0 Å². The molecule has 0 aromatic heterocycles. The summed E-state index contributed by atoms with van der Waals surface area (Å²) in [6.45, 7) is 7.26. The number of amides is 1. The fraction of sp³-hybridized carbons (Fsp3) is 0.462. The minimum Gasteiger partial charge on any atom is -0.491 e. The number of hydrogen-bond donors (Lipinski definition) is 1. The Morgan fingerprint density at radius 2 is 2.06 bits per heavy atom. The molecule has 0 atom stereocenters. The third-order valence-corrected chi connectivity index (χ3v) is 3.08. The van der Waals surface area contributed by atoms with Gasteiger partial charge in [0.2, 0.25) is 0 Å². The lowest BCUT2D eigenvalue weighted by Crippen LogP contribution is -2.24. The maximum Gasteiger partial charge on any atom is 0.255 e. The Bertz CT molecular complexity index is 463. The molecule has 17 heavy (non-hydrogen) atoms. The average Bonchev–Trinajstić information content (AvgIpc) is 2.39. The number of carbonyl (C=O) groups excluding carboxylic acids is 1. The topological polar surface area (TPSA) is 38.3 Å². The van der Waals surface area contributed by atoms with Gasteiger partial charge in [0.25, 0.3) is 5.91 Å². The quantitative estimate of drug-likeness (QED) is 0.772. The Morgan fingerprint density at radius 1 is 1.35 bits per heavy atom. The van der Waals surface area contributed by atoms with E-state index in [4.69, 9.17) is 16.3 Å². The molecule has 0 radical (unpaired) electrons. The van der Waals surface area contributed by atoms with E-state index >= 15 is 0 Å². The Balaban J connectivity index is 2.56. The highest BCUT2D eigenvalue weighted by atomic mass is 35.5. The molecule has 3 nitrogen and oxygen atoms in total. The zero-order valence-electron chi connectivity index (χ0n) is 10.3. The molecule has 1 aliphatic rings. The predicted octanol–water partition coefficient (Wildman–Crippen LogP) is 2.76. The van der Waals surface area contributed by atoms with Gasteiger partial charge in [-0.3, -0.25) is 4.79 Å². The molecule has 0 saturated carbocycles. The van der Waals surface area contributed by atoms with Gasteiger partial charge in [-0.25, -0.2) is 0 Å².